The van der Waals surface area contributed by atoms with E-state index in [1.165, 1.54) is 19.3 Å². The van der Waals surface area contributed by atoms with Gasteiger partial charge in [0.15, 0.2) is 0 Å². The Morgan fingerprint density at radius 1 is 0.875 bits per heavy atom. The fourth-order valence-corrected chi connectivity index (χ4v) is 2.09. The van der Waals surface area contributed by atoms with Gasteiger partial charge in [-0.05, 0) is 35.5 Å². The van der Waals surface area contributed by atoms with Crippen molar-refractivity contribution in [1.29, 1.82) is 0 Å². The summed E-state index contributed by atoms with van der Waals surface area (Å²) in [6.07, 6.45) is 4.17. The summed E-state index contributed by atoms with van der Waals surface area (Å²) in [4.78, 5) is 0. The molecule has 0 rings (SSSR count). The van der Waals surface area contributed by atoms with Crippen molar-refractivity contribution in [2.24, 2.45) is 29.1 Å². The highest BCUT2D eigenvalue weighted by Gasteiger charge is 2.22. The zero-order valence-corrected chi connectivity index (χ0v) is 12.9. The lowest BCUT2D eigenvalue weighted by Crippen LogP contribution is -2.20. The molecule has 0 spiro atoms. The minimum atomic E-state index is 0.515. The SMILES string of the molecule is CC(C)C(C)C(C)CCCC(C)(C)C(C)C. The Kier molecular flexibility index (Phi) is 6.67. The van der Waals surface area contributed by atoms with E-state index < -0.39 is 0 Å². The van der Waals surface area contributed by atoms with Crippen LogP contribution in [0.1, 0.15) is 74.7 Å². The van der Waals surface area contributed by atoms with Crippen LogP contribution in [0.4, 0.5) is 0 Å². The first-order valence-corrected chi connectivity index (χ1v) is 7.18. The van der Waals surface area contributed by atoms with Crippen molar-refractivity contribution in [2.75, 3.05) is 0 Å². The highest BCUT2D eigenvalue weighted by atomic mass is 14.3. The Morgan fingerprint density at radius 3 is 1.75 bits per heavy atom. The van der Waals surface area contributed by atoms with E-state index >= 15 is 0 Å². The molecule has 0 aliphatic heterocycles. The summed E-state index contributed by atoms with van der Waals surface area (Å²) in [5.74, 6) is 3.36. The lowest BCUT2D eigenvalue weighted by Gasteiger charge is -2.30. The average Bonchev–Trinajstić information content (AvgIpc) is 2.15. The van der Waals surface area contributed by atoms with Crippen LogP contribution in [-0.4, -0.2) is 0 Å². The lowest BCUT2D eigenvalue weighted by molar-refractivity contribution is 0.204. The maximum Gasteiger partial charge on any atom is -0.0331 e. The molecule has 0 nitrogen and oxygen atoms in total. The maximum atomic E-state index is 2.42. The van der Waals surface area contributed by atoms with Gasteiger partial charge in [0.1, 0.15) is 0 Å². The van der Waals surface area contributed by atoms with E-state index in [1.807, 2.05) is 0 Å². The van der Waals surface area contributed by atoms with E-state index in [0.717, 1.165) is 23.7 Å². The van der Waals surface area contributed by atoms with Gasteiger partial charge >= 0.3 is 0 Å². The van der Waals surface area contributed by atoms with Crippen LogP contribution >= 0.6 is 0 Å². The third-order valence-corrected chi connectivity index (χ3v) is 4.99. The molecule has 16 heavy (non-hydrogen) atoms. The molecule has 0 heterocycles. The van der Waals surface area contributed by atoms with Gasteiger partial charge in [-0.3, -0.25) is 0 Å². The van der Waals surface area contributed by atoms with Gasteiger partial charge in [0.05, 0.1) is 0 Å². The average molecular weight is 226 g/mol. The number of hydrogen-bond donors (Lipinski definition) is 0. The molecule has 0 fully saturated rings. The van der Waals surface area contributed by atoms with Crippen LogP contribution in [0.3, 0.4) is 0 Å². The number of rotatable bonds is 7. The molecule has 0 aromatic heterocycles. The van der Waals surface area contributed by atoms with E-state index in [0.29, 0.717) is 5.41 Å². The Bertz CT molecular complexity index is 176. The third-order valence-electron chi connectivity index (χ3n) is 4.99. The second kappa shape index (κ2) is 6.67. The van der Waals surface area contributed by atoms with Crippen molar-refractivity contribution in [1.82, 2.24) is 0 Å². The molecule has 0 heteroatoms. The van der Waals surface area contributed by atoms with Crippen LogP contribution < -0.4 is 0 Å². The second-order valence-corrected chi connectivity index (χ2v) is 7.12. The van der Waals surface area contributed by atoms with Crippen LogP contribution in [0.25, 0.3) is 0 Å². The van der Waals surface area contributed by atoms with E-state index in [9.17, 15) is 0 Å². The summed E-state index contributed by atoms with van der Waals surface area (Å²) in [5, 5.41) is 0. The number of hydrogen-bond acceptors (Lipinski definition) is 0. The molecule has 0 aliphatic rings. The Hall–Kier alpha value is 0. The van der Waals surface area contributed by atoms with Gasteiger partial charge in [0, 0.05) is 0 Å². The van der Waals surface area contributed by atoms with E-state index in [4.69, 9.17) is 0 Å². The summed E-state index contributed by atoms with van der Waals surface area (Å²) < 4.78 is 0. The molecular weight excluding hydrogens is 192 g/mol. The minimum Gasteiger partial charge on any atom is -0.0625 e. The van der Waals surface area contributed by atoms with Gasteiger partial charge in [-0.2, -0.15) is 0 Å². The molecule has 0 aliphatic carbocycles. The fraction of sp³-hybridized carbons (Fsp3) is 1.00. The highest BCUT2D eigenvalue weighted by Crippen LogP contribution is 2.33. The van der Waals surface area contributed by atoms with E-state index in [2.05, 4.69) is 55.4 Å². The first-order chi connectivity index (χ1) is 7.18. The van der Waals surface area contributed by atoms with Crippen molar-refractivity contribution in [2.45, 2.75) is 74.7 Å². The monoisotopic (exact) mass is 226 g/mol. The maximum absolute atomic E-state index is 2.42. The van der Waals surface area contributed by atoms with Crippen LogP contribution in [0.15, 0.2) is 0 Å². The molecule has 2 unspecified atom stereocenters. The first kappa shape index (κ1) is 16.0. The predicted octanol–water partition coefficient (Wildman–Crippen LogP) is 5.77. The molecule has 0 amide bonds. The largest absolute Gasteiger partial charge is 0.0625 e. The summed E-state index contributed by atoms with van der Waals surface area (Å²) in [6.45, 7) is 19.0. The molecular formula is C16H34. The van der Waals surface area contributed by atoms with Crippen molar-refractivity contribution < 1.29 is 0 Å². The Balaban J connectivity index is 3.90. The second-order valence-electron chi connectivity index (χ2n) is 7.12. The zero-order valence-electron chi connectivity index (χ0n) is 12.9. The quantitative estimate of drug-likeness (QED) is 0.517. The van der Waals surface area contributed by atoms with Gasteiger partial charge in [0.25, 0.3) is 0 Å². The summed E-state index contributed by atoms with van der Waals surface area (Å²) in [6, 6.07) is 0. The van der Waals surface area contributed by atoms with Crippen LogP contribution in [0.5, 0.6) is 0 Å². The van der Waals surface area contributed by atoms with Gasteiger partial charge in [-0.25, -0.2) is 0 Å². The molecule has 0 aromatic carbocycles. The molecule has 0 saturated heterocycles. The highest BCUT2D eigenvalue weighted by molar-refractivity contribution is 4.73. The van der Waals surface area contributed by atoms with Gasteiger partial charge in [-0.15, -0.1) is 0 Å². The van der Waals surface area contributed by atoms with Crippen LogP contribution in [-0.2, 0) is 0 Å². The topological polar surface area (TPSA) is 0 Å². The minimum absolute atomic E-state index is 0.515. The summed E-state index contributed by atoms with van der Waals surface area (Å²) >= 11 is 0. The van der Waals surface area contributed by atoms with Crippen LogP contribution in [0.2, 0.25) is 0 Å². The van der Waals surface area contributed by atoms with Crippen molar-refractivity contribution in [3.63, 3.8) is 0 Å². The zero-order chi connectivity index (χ0) is 12.9. The summed E-state index contributed by atoms with van der Waals surface area (Å²) in [7, 11) is 0. The predicted molar refractivity (Wildman–Crippen MR) is 75.6 cm³/mol. The third kappa shape index (κ3) is 5.37. The Morgan fingerprint density at radius 2 is 1.38 bits per heavy atom. The van der Waals surface area contributed by atoms with Gasteiger partial charge in [0.2, 0.25) is 0 Å². The lowest BCUT2D eigenvalue weighted by atomic mass is 9.75. The molecule has 0 N–H and O–H groups in total. The molecule has 98 valence electrons. The Labute approximate surface area is 104 Å². The van der Waals surface area contributed by atoms with Crippen molar-refractivity contribution in [3.05, 3.63) is 0 Å². The van der Waals surface area contributed by atoms with Crippen LogP contribution in [0, 0.1) is 29.1 Å². The summed E-state index contributed by atoms with van der Waals surface area (Å²) in [5.41, 5.74) is 0.515. The van der Waals surface area contributed by atoms with Crippen molar-refractivity contribution >= 4 is 0 Å². The molecule has 2 atom stereocenters. The van der Waals surface area contributed by atoms with Crippen molar-refractivity contribution in [3.8, 4) is 0 Å². The smallest absolute Gasteiger partial charge is 0.0331 e. The van der Waals surface area contributed by atoms with E-state index in [-0.39, 0.29) is 0 Å². The normalized spacial score (nSPS) is 16.9. The van der Waals surface area contributed by atoms with E-state index in [1.54, 1.807) is 0 Å². The molecule has 0 aromatic rings. The molecule has 0 radical (unpaired) electrons. The standard InChI is InChI=1S/C16H34/c1-12(2)15(6)14(5)10-9-11-16(7,8)13(3)4/h12-15H,9-11H2,1-8H3. The fourth-order valence-electron chi connectivity index (χ4n) is 2.09. The van der Waals surface area contributed by atoms with Gasteiger partial charge < -0.3 is 0 Å². The first-order valence-electron chi connectivity index (χ1n) is 7.18. The molecule has 0 bridgehead atoms. The molecule has 0 saturated carbocycles. The van der Waals surface area contributed by atoms with Gasteiger partial charge in [-0.1, -0.05) is 68.2 Å².